The minimum atomic E-state index is -0.208. The monoisotopic (exact) mass is 294 g/mol. The summed E-state index contributed by atoms with van der Waals surface area (Å²) in [6.07, 6.45) is 0. The molecule has 118 valence electrons. The van der Waals surface area contributed by atoms with Gasteiger partial charge in [0.15, 0.2) is 0 Å². The van der Waals surface area contributed by atoms with Crippen molar-refractivity contribution < 1.29 is 9.13 Å². The van der Waals surface area contributed by atoms with Gasteiger partial charge >= 0.3 is 0 Å². The summed E-state index contributed by atoms with van der Waals surface area (Å²) in [7, 11) is 1.90. The van der Waals surface area contributed by atoms with Gasteiger partial charge in [0.2, 0.25) is 0 Å². The van der Waals surface area contributed by atoms with E-state index in [1.807, 2.05) is 19.2 Å². The number of nitrogens with zero attached hydrogens (tertiary/aromatic N) is 1. The Balaban J connectivity index is 2.15. The highest BCUT2D eigenvalue weighted by molar-refractivity contribution is 5.25. The van der Waals surface area contributed by atoms with E-state index in [0.717, 1.165) is 30.8 Å². The van der Waals surface area contributed by atoms with Crippen molar-refractivity contribution in [1.82, 2.24) is 10.2 Å². The number of ether oxygens (including phenoxy) is 1. The first-order chi connectivity index (χ1) is 9.71. The standard InChI is InChI=1S/C17H27FN2O/c1-16(2)11-20(12-17(3,4)21-16)10-14-8-13(9-19-5)6-7-15(14)18/h6-8,19H,9-12H2,1-5H3. The summed E-state index contributed by atoms with van der Waals surface area (Å²) in [5.41, 5.74) is 1.46. The van der Waals surface area contributed by atoms with Gasteiger partial charge in [0.05, 0.1) is 11.2 Å². The molecule has 4 heteroatoms. The Kier molecular flexibility index (Phi) is 4.71. The zero-order valence-electron chi connectivity index (χ0n) is 13.8. The molecule has 0 amide bonds. The SMILES string of the molecule is CNCc1ccc(F)c(CN2CC(C)(C)OC(C)(C)C2)c1. The van der Waals surface area contributed by atoms with Crippen molar-refractivity contribution in [1.29, 1.82) is 0 Å². The van der Waals surface area contributed by atoms with Crippen molar-refractivity contribution in [2.24, 2.45) is 0 Å². The molecule has 1 N–H and O–H groups in total. The Hall–Kier alpha value is -0.970. The average molecular weight is 294 g/mol. The van der Waals surface area contributed by atoms with E-state index in [1.54, 1.807) is 6.07 Å². The molecule has 21 heavy (non-hydrogen) atoms. The zero-order valence-corrected chi connectivity index (χ0v) is 13.8. The molecule has 1 saturated heterocycles. The van der Waals surface area contributed by atoms with Crippen molar-refractivity contribution in [2.75, 3.05) is 20.1 Å². The van der Waals surface area contributed by atoms with E-state index >= 15 is 0 Å². The molecular weight excluding hydrogens is 267 g/mol. The number of morpholine rings is 1. The highest BCUT2D eigenvalue weighted by Gasteiger charge is 2.38. The summed E-state index contributed by atoms with van der Waals surface area (Å²) >= 11 is 0. The van der Waals surface area contributed by atoms with Gasteiger partial charge < -0.3 is 10.1 Å². The maximum atomic E-state index is 14.1. The highest BCUT2D eigenvalue weighted by Crippen LogP contribution is 2.29. The van der Waals surface area contributed by atoms with Crippen molar-refractivity contribution in [2.45, 2.75) is 52.0 Å². The van der Waals surface area contributed by atoms with Crippen LogP contribution in [0.3, 0.4) is 0 Å². The Morgan fingerprint density at radius 3 is 2.38 bits per heavy atom. The van der Waals surface area contributed by atoms with Crippen LogP contribution in [0.5, 0.6) is 0 Å². The number of hydrogen-bond acceptors (Lipinski definition) is 3. The van der Waals surface area contributed by atoms with Crippen LogP contribution >= 0.6 is 0 Å². The third-order valence-corrected chi connectivity index (χ3v) is 3.65. The zero-order chi connectivity index (χ0) is 15.7. The van der Waals surface area contributed by atoms with Gasteiger partial charge in [-0.1, -0.05) is 12.1 Å². The van der Waals surface area contributed by atoms with Crippen LogP contribution in [0.15, 0.2) is 18.2 Å². The van der Waals surface area contributed by atoms with Gasteiger partial charge in [-0.2, -0.15) is 0 Å². The lowest BCUT2D eigenvalue weighted by atomic mass is 9.98. The Morgan fingerprint density at radius 2 is 1.81 bits per heavy atom. The maximum absolute atomic E-state index is 14.1. The quantitative estimate of drug-likeness (QED) is 0.924. The van der Waals surface area contributed by atoms with E-state index < -0.39 is 0 Å². The third kappa shape index (κ3) is 4.50. The topological polar surface area (TPSA) is 24.5 Å². The molecule has 1 aliphatic rings. The molecule has 0 atom stereocenters. The predicted octanol–water partition coefficient (Wildman–Crippen LogP) is 2.93. The molecule has 1 aromatic rings. The minimum Gasteiger partial charge on any atom is -0.367 e. The van der Waals surface area contributed by atoms with E-state index in [2.05, 4.69) is 37.9 Å². The summed E-state index contributed by atoms with van der Waals surface area (Å²) in [5.74, 6) is -0.128. The second-order valence-corrected chi connectivity index (χ2v) is 7.22. The molecule has 0 unspecified atom stereocenters. The molecule has 3 nitrogen and oxygen atoms in total. The van der Waals surface area contributed by atoms with Crippen LogP contribution in [0.1, 0.15) is 38.8 Å². The van der Waals surface area contributed by atoms with Crippen molar-refractivity contribution in [3.8, 4) is 0 Å². The van der Waals surface area contributed by atoms with E-state index in [1.165, 1.54) is 0 Å². The number of hydrogen-bond donors (Lipinski definition) is 1. The summed E-state index contributed by atoms with van der Waals surface area (Å²) < 4.78 is 20.1. The van der Waals surface area contributed by atoms with Gasteiger partial charge in [-0.15, -0.1) is 0 Å². The molecule has 1 aliphatic heterocycles. The van der Waals surface area contributed by atoms with E-state index in [-0.39, 0.29) is 17.0 Å². The minimum absolute atomic E-state index is 0.128. The highest BCUT2D eigenvalue weighted by atomic mass is 19.1. The average Bonchev–Trinajstić information content (AvgIpc) is 2.29. The summed E-state index contributed by atoms with van der Waals surface area (Å²) in [5, 5.41) is 3.10. The van der Waals surface area contributed by atoms with Gasteiger partial charge in [0, 0.05) is 31.7 Å². The normalized spacial score (nSPS) is 21.4. The van der Waals surface area contributed by atoms with Crippen LogP contribution < -0.4 is 5.32 Å². The molecule has 0 radical (unpaired) electrons. The molecule has 1 aromatic carbocycles. The van der Waals surface area contributed by atoms with E-state index in [0.29, 0.717) is 6.54 Å². The lowest BCUT2D eigenvalue weighted by Gasteiger charge is -2.47. The lowest BCUT2D eigenvalue weighted by molar-refractivity contribution is -0.182. The second-order valence-electron chi connectivity index (χ2n) is 7.22. The fourth-order valence-corrected chi connectivity index (χ4v) is 3.36. The third-order valence-electron chi connectivity index (χ3n) is 3.65. The largest absolute Gasteiger partial charge is 0.367 e. The summed E-state index contributed by atoms with van der Waals surface area (Å²) in [6.45, 7) is 11.4. The number of rotatable bonds is 4. The van der Waals surface area contributed by atoms with Crippen molar-refractivity contribution >= 4 is 0 Å². The molecule has 2 rings (SSSR count). The van der Waals surface area contributed by atoms with E-state index in [9.17, 15) is 4.39 Å². The van der Waals surface area contributed by atoms with Crippen LogP contribution in [0.2, 0.25) is 0 Å². The predicted molar refractivity (Wildman–Crippen MR) is 83.7 cm³/mol. The number of benzene rings is 1. The van der Waals surface area contributed by atoms with Crippen LogP contribution in [-0.4, -0.2) is 36.2 Å². The first-order valence-corrected chi connectivity index (χ1v) is 7.55. The fourth-order valence-electron chi connectivity index (χ4n) is 3.36. The van der Waals surface area contributed by atoms with Crippen LogP contribution in [0.4, 0.5) is 4.39 Å². The van der Waals surface area contributed by atoms with Gasteiger partial charge in [-0.05, 0) is 46.4 Å². The molecule has 0 spiro atoms. The molecule has 1 fully saturated rings. The fraction of sp³-hybridized carbons (Fsp3) is 0.647. The summed E-state index contributed by atoms with van der Waals surface area (Å²) in [6, 6.07) is 5.36. The van der Waals surface area contributed by atoms with Gasteiger partial charge in [-0.25, -0.2) is 4.39 Å². The smallest absolute Gasteiger partial charge is 0.127 e. The Bertz CT molecular complexity index is 484. The number of nitrogens with one attached hydrogen (secondary N) is 1. The first kappa shape index (κ1) is 16.4. The molecule has 0 bridgehead atoms. The van der Waals surface area contributed by atoms with Gasteiger partial charge in [0.25, 0.3) is 0 Å². The van der Waals surface area contributed by atoms with Crippen molar-refractivity contribution in [3.63, 3.8) is 0 Å². The molecule has 0 aromatic heterocycles. The van der Waals surface area contributed by atoms with Gasteiger partial charge in [-0.3, -0.25) is 4.90 Å². The van der Waals surface area contributed by atoms with Crippen LogP contribution in [0.25, 0.3) is 0 Å². The Morgan fingerprint density at radius 1 is 1.19 bits per heavy atom. The van der Waals surface area contributed by atoms with Crippen molar-refractivity contribution in [3.05, 3.63) is 35.1 Å². The van der Waals surface area contributed by atoms with Crippen LogP contribution in [-0.2, 0) is 17.8 Å². The first-order valence-electron chi connectivity index (χ1n) is 7.55. The molecular formula is C17H27FN2O. The van der Waals surface area contributed by atoms with E-state index in [4.69, 9.17) is 4.74 Å². The molecule has 1 heterocycles. The lowest BCUT2D eigenvalue weighted by Crippen LogP contribution is -2.56. The molecule has 0 saturated carbocycles. The van der Waals surface area contributed by atoms with Crippen LogP contribution in [0, 0.1) is 5.82 Å². The molecule has 0 aliphatic carbocycles. The second kappa shape index (κ2) is 6.03. The Labute approximate surface area is 127 Å². The maximum Gasteiger partial charge on any atom is 0.127 e. The van der Waals surface area contributed by atoms with Gasteiger partial charge in [0.1, 0.15) is 5.82 Å². The summed E-state index contributed by atoms with van der Waals surface area (Å²) in [4.78, 5) is 2.28. The number of halogens is 1.